The largest absolute Gasteiger partial charge is 0.493 e. The molecule has 2 aromatic rings. The van der Waals surface area contributed by atoms with Crippen molar-refractivity contribution in [3.63, 3.8) is 0 Å². The first-order valence-electron chi connectivity index (χ1n) is 11.4. The number of ether oxygens (including phenoxy) is 3. The van der Waals surface area contributed by atoms with Gasteiger partial charge in [0.2, 0.25) is 0 Å². The van der Waals surface area contributed by atoms with Crippen LogP contribution in [0.2, 0.25) is 0 Å². The second-order valence-electron chi connectivity index (χ2n) is 8.63. The summed E-state index contributed by atoms with van der Waals surface area (Å²) in [6.45, 7) is 19.0. The lowest BCUT2D eigenvalue weighted by Gasteiger charge is -2.14. The fourth-order valence-electron chi connectivity index (χ4n) is 3.73. The number of aryl methyl sites for hydroxylation is 4. The summed E-state index contributed by atoms with van der Waals surface area (Å²) in [5, 5.41) is 0. The van der Waals surface area contributed by atoms with Crippen LogP contribution < -0.4 is 9.47 Å². The summed E-state index contributed by atoms with van der Waals surface area (Å²) in [5.74, 6) is 1.96. The second-order valence-corrected chi connectivity index (χ2v) is 10.5. The Morgan fingerprint density at radius 2 is 1.00 bits per heavy atom. The smallest absolute Gasteiger partial charge is 0.125 e. The number of hydrogen-bond donors (Lipinski definition) is 0. The van der Waals surface area contributed by atoms with Gasteiger partial charge in [-0.25, -0.2) is 0 Å². The van der Waals surface area contributed by atoms with Gasteiger partial charge in [-0.05, 0) is 99.9 Å². The fourth-order valence-corrected chi connectivity index (χ4v) is 5.10. The van der Waals surface area contributed by atoms with Crippen molar-refractivity contribution < 1.29 is 14.2 Å². The van der Waals surface area contributed by atoms with Crippen LogP contribution in [0.4, 0.5) is 0 Å². The van der Waals surface area contributed by atoms with Gasteiger partial charge in [-0.1, -0.05) is 56.2 Å². The molecular formula is C28H36Br2O3. The van der Waals surface area contributed by atoms with E-state index in [0.717, 1.165) is 79.5 Å². The van der Waals surface area contributed by atoms with Gasteiger partial charge in [0.15, 0.2) is 0 Å². The van der Waals surface area contributed by atoms with Crippen molar-refractivity contribution in [2.75, 3.05) is 26.4 Å². The molecule has 0 saturated heterocycles. The van der Waals surface area contributed by atoms with Crippen LogP contribution in [0, 0.1) is 27.7 Å². The van der Waals surface area contributed by atoms with Crippen molar-refractivity contribution >= 4 is 31.9 Å². The van der Waals surface area contributed by atoms with Crippen LogP contribution in [0.5, 0.6) is 11.5 Å². The molecule has 0 N–H and O–H groups in total. The molecule has 0 atom stereocenters. The molecule has 0 amide bonds. The summed E-state index contributed by atoms with van der Waals surface area (Å²) < 4.78 is 19.9. The Bertz CT molecular complexity index is 842. The van der Waals surface area contributed by atoms with Crippen molar-refractivity contribution in [3.8, 4) is 11.5 Å². The number of halogens is 2. The summed E-state index contributed by atoms with van der Waals surface area (Å²) in [5.41, 5.74) is 6.76. The predicted octanol–water partition coefficient (Wildman–Crippen LogP) is 8.59. The SMILES string of the molecule is C=C(CCCOc1c(C)cc(Br)cc1C)COCC(=C)CCCOc1c(C)cc(Br)cc1C. The molecule has 3 nitrogen and oxygen atoms in total. The molecule has 0 bridgehead atoms. The molecular weight excluding hydrogens is 544 g/mol. The van der Waals surface area contributed by atoms with E-state index in [4.69, 9.17) is 14.2 Å². The van der Waals surface area contributed by atoms with Crippen LogP contribution in [0.15, 0.2) is 57.5 Å². The molecule has 0 heterocycles. The standard InChI is InChI=1S/C28H36Br2O3/c1-19(9-7-11-32-27-21(3)13-25(29)14-22(27)4)17-31-18-20(2)10-8-12-33-28-23(5)15-26(30)16-24(28)6/h13-16H,1-2,7-12,17-18H2,3-6H3. The Morgan fingerprint density at radius 3 is 1.33 bits per heavy atom. The van der Waals surface area contributed by atoms with Gasteiger partial charge in [0.05, 0.1) is 26.4 Å². The lowest BCUT2D eigenvalue weighted by Crippen LogP contribution is -2.06. The van der Waals surface area contributed by atoms with Gasteiger partial charge >= 0.3 is 0 Å². The van der Waals surface area contributed by atoms with E-state index in [1.165, 1.54) is 0 Å². The minimum absolute atomic E-state index is 0.559. The lowest BCUT2D eigenvalue weighted by molar-refractivity contribution is 0.173. The third-order valence-electron chi connectivity index (χ3n) is 5.30. The summed E-state index contributed by atoms with van der Waals surface area (Å²) in [7, 11) is 0. The molecule has 0 aliphatic heterocycles. The molecule has 0 aliphatic rings. The zero-order valence-electron chi connectivity index (χ0n) is 20.4. The normalized spacial score (nSPS) is 10.8. The minimum Gasteiger partial charge on any atom is -0.493 e. The molecule has 2 aromatic carbocycles. The van der Waals surface area contributed by atoms with Crippen molar-refractivity contribution in [1.29, 1.82) is 0 Å². The van der Waals surface area contributed by atoms with E-state index in [-0.39, 0.29) is 0 Å². The van der Waals surface area contributed by atoms with Gasteiger partial charge in [0.1, 0.15) is 11.5 Å². The van der Waals surface area contributed by atoms with Gasteiger partial charge in [-0.3, -0.25) is 0 Å². The van der Waals surface area contributed by atoms with Crippen LogP contribution in [-0.4, -0.2) is 26.4 Å². The maximum absolute atomic E-state index is 5.99. The Hall–Kier alpha value is -1.56. The highest BCUT2D eigenvalue weighted by Crippen LogP contribution is 2.28. The number of benzene rings is 2. The van der Waals surface area contributed by atoms with Crippen molar-refractivity contribution in [2.24, 2.45) is 0 Å². The maximum atomic E-state index is 5.99. The first-order chi connectivity index (χ1) is 15.7. The highest BCUT2D eigenvalue weighted by Gasteiger charge is 2.07. The summed E-state index contributed by atoms with van der Waals surface area (Å²) >= 11 is 7.04. The van der Waals surface area contributed by atoms with E-state index in [9.17, 15) is 0 Å². The first-order valence-corrected chi connectivity index (χ1v) is 13.0. The molecule has 0 saturated carbocycles. The molecule has 5 heteroatoms. The first kappa shape index (κ1) is 27.7. The molecule has 0 radical (unpaired) electrons. The monoisotopic (exact) mass is 578 g/mol. The lowest BCUT2D eigenvalue weighted by atomic mass is 10.1. The quantitative estimate of drug-likeness (QED) is 0.166. The van der Waals surface area contributed by atoms with Crippen molar-refractivity contribution in [2.45, 2.75) is 53.4 Å². The van der Waals surface area contributed by atoms with Crippen LogP contribution >= 0.6 is 31.9 Å². The van der Waals surface area contributed by atoms with Gasteiger partial charge in [-0.2, -0.15) is 0 Å². The van der Waals surface area contributed by atoms with Crippen LogP contribution in [0.25, 0.3) is 0 Å². The van der Waals surface area contributed by atoms with E-state index < -0.39 is 0 Å². The van der Waals surface area contributed by atoms with Crippen molar-refractivity contribution in [3.05, 3.63) is 79.8 Å². The van der Waals surface area contributed by atoms with Gasteiger partial charge in [0.25, 0.3) is 0 Å². The molecule has 0 fully saturated rings. The predicted molar refractivity (Wildman–Crippen MR) is 146 cm³/mol. The summed E-state index contributed by atoms with van der Waals surface area (Å²) in [6.07, 6.45) is 3.62. The number of hydrogen-bond acceptors (Lipinski definition) is 3. The van der Waals surface area contributed by atoms with E-state index in [1.807, 2.05) is 0 Å². The Balaban J connectivity index is 1.56. The van der Waals surface area contributed by atoms with E-state index >= 15 is 0 Å². The zero-order valence-corrected chi connectivity index (χ0v) is 23.5. The molecule has 33 heavy (non-hydrogen) atoms. The molecule has 0 aliphatic carbocycles. The Morgan fingerprint density at radius 1 is 0.667 bits per heavy atom. The molecule has 180 valence electrons. The van der Waals surface area contributed by atoms with Crippen LogP contribution in [-0.2, 0) is 4.74 Å². The van der Waals surface area contributed by atoms with Gasteiger partial charge in [0, 0.05) is 8.95 Å². The Kier molecular flexibility index (Phi) is 11.7. The highest BCUT2D eigenvalue weighted by molar-refractivity contribution is 9.10. The third kappa shape index (κ3) is 9.68. The molecule has 0 unspecified atom stereocenters. The topological polar surface area (TPSA) is 27.7 Å². The average molecular weight is 580 g/mol. The molecule has 2 rings (SSSR count). The Labute approximate surface area is 216 Å². The third-order valence-corrected chi connectivity index (χ3v) is 6.22. The summed E-state index contributed by atoms with van der Waals surface area (Å²) in [4.78, 5) is 0. The highest BCUT2D eigenvalue weighted by atomic mass is 79.9. The second kappa shape index (κ2) is 14.0. The molecule has 0 spiro atoms. The minimum atomic E-state index is 0.559. The van der Waals surface area contributed by atoms with E-state index in [0.29, 0.717) is 26.4 Å². The van der Waals surface area contributed by atoms with E-state index in [2.05, 4.69) is 97.0 Å². The van der Waals surface area contributed by atoms with Crippen LogP contribution in [0.3, 0.4) is 0 Å². The van der Waals surface area contributed by atoms with Crippen LogP contribution in [0.1, 0.15) is 47.9 Å². The van der Waals surface area contributed by atoms with Crippen molar-refractivity contribution in [1.82, 2.24) is 0 Å². The number of rotatable bonds is 14. The van der Waals surface area contributed by atoms with Gasteiger partial charge < -0.3 is 14.2 Å². The van der Waals surface area contributed by atoms with Gasteiger partial charge in [-0.15, -0.1) is 0 Å². The maximum Gasteiger partial charge on any atom is 0.125 e. The zero-order chi connectivity index (χ0) is 24.4. The fraction of sp³-hybridized carbons (Fsp3) is 0.429. The van der Waals surface area contributed by atoms with E-state index in [1.54, 1.807) is 0 Å². The average Bonchev–Trinajstić information content (AvgIpc) is 2.71. The summed E-state index contributed by atoms with van der Waals surface area (Å²) in [6, 6.07) is 8.32. The molecule has 0 aromatic heterocycles.